The fraction of sp³-hybridized carbons (Fsp3) is 0.826. The number of hydrogen-bond donors (Lipinski definition) is 2. The first kappa shape index (κ1) is 29.3. The van der Waals surface area contributed by atoms with Crippen LogP contribution in [-0.4, -0.2) is 43.1 Å². The summed E-state index contributed by atoms with van der Waals surface area (Å²) in [6.07, 6.45) is 10.8. The first-order valence-electron chi connectivity index (χ1n) is 10.9. The van der Waals surface area contributed by atoms with Gasteiger partial charge in [0, 0.05) is 18.5 Å². The van der Waals surface area contributed by atoms with Crippen LogP contribution in [0.4, 0.5) is 0 Å². The van der Waals surface area contributed by atoms with Crippen molar-refractivity contribution in [1.29, 1.82) is 0 Å². The quantitative estimate of drug-likeness (QED) is 0.239. The number of allylic oxidation sites excluding steroid dienone is 2. The second-order valence-electron chi connectivity index (χ2n) is 8.19. The maximum atomic E-state index is 12.3. The van der Waals surface area contributed by atoms with Crippen LogP contribution in [-0.2, 0) is 9.59 Å². The predicted octanol–water partition coefficient (Wildman–Crippen LogP) is 4.78. The van der Waals surface area contributed by atoms with Crippen molar-refractivity contribution in [3.8, 4) is 0 Å². The number of nitrogens with one attached hydrogen (secondary N) is 2. The Balaban J connectivity index is 0. The van der Waals surface area contributed by atoms with E-state index >= 15 is 0 Å². The molecule has 0 bridgehead atoms. The van der Waals surface area contributed by atoms with Gasteiger partial charge in [-0.25, -0.2) is 0 Å². The molecule has 0 spiro atoms. The van der Waals surface area contributed by atoms with Gasteiger partial charge in [0.25, 0.3) is 0 Å². The maximum absolute atomic E-state index is 12.3. The van der Waals surface area contributed by atoms with Gasteiger partial charge in [0.2, 0.25) is 0 Å². The Labute approximate surface area is 176 Å². The van der Waals surface area contributed by atoms with E-state index in [9.17, 15) is 9.59 Å². The number of hydrogen-bond acceptors (Lipinski definition) is 4. The molecule has 2 unspecified atom stereocenters. The number of rotatable bonds is 15. The van der Waals surface area contributed by atoms with E-state index in [0.717, 1.165) is 38.5 Å². The lowest BCUT2D eigenvalue weighted by Gasteiger charge is -2.31. The fourth-order valence-electron chi connectivity index (χ4n) is 3.37. The summed E-state index contributed by atoms with van der Waals surface area (Å²) in [6, 6.07) is 0.616. The summed E-state index contributed by atoms with van der Waals surface area (Å²) >= 11 is 0. The van der Waals surface area contributed by atoms with Crippen LogP contribution in [0.3, 0.4) is 0 Å². The number of Topliss-reactive ketones (excluding diaryl/α,β-unsaturated/α-hetero) is 2. The van der Waals surface area contributed by atoms with Crippen molar-refractivity contribution < 1.29 is 9.59 Å². The monoisotopic (exact) mass is 392 g/mol. The van der Waals surface area contributed by atoms with Crippen molar-refractivity contribution in [2.24, 2.45) is 0 Å². The van der Waals surface area contributed by atoms with Crippen molar-refractivity contribution in [1.82, 2.24) is 10.6 Å². The Morgan fingerprint density at radius 2 is 1.54 bits per heavy atom. The van der Waals surface area contributed by atoms with Gasteiger partial charge in [0.15, 0.2) is 5.78 Å². The molecule has 0 aliphatic rings. The van der Waals surface area contributed by atoms with Crippen LogP contribution in [0.1, 0.15) is 93.4 Å². The van der Waals surface area contributed by atoms with E-state index < -0.39 is 5.54 Å². The van der Waals surface area contributed by atoms with Crippen molar-refractivity contribution >= 4 is 19.4 Å². The van der Waals surface area contributed by atoms with E-state index in [-0.39, 0.29) is 11.8 Å². The van der Waals surface area contributed by atoms with Gasteiger partial charge < -0.3 is 10.6 Å². The summed E-state index contributed by atoms with van der Waals surface area (Å²) in [5.74, 6) is 0.517. The summed E-state index contributed by atoms with van der Waals surface area (Å²) in [5, 5.41) is 6.77. The zero-order chi connectivity index (χ0) is 22.2. The minimum Gasteiger partial charge on any atom is -0.305 e. The molecule has 28 heavy (non-hydrogen) atoms. The molecule has 0 rings (SSSR count). The second-order valence-corrected chi connectivity index (χ2v) is 8.19. The molecule has 2 radical (unpaired) electrons. The van der Waals surface area contributed by atoms with Gasteiger partial charge in [-0.1, -0.05) is 39.7 Å². The molecule has 0 fully saturated rings. The summed E-state index contributed by atoms with van der Waals surface area (Å²) < 4.78 is 0. The molecule has 0 aliphatic heterocycles. The zero-order valence-electron chi connectivity index (χ0n) is 19.7. The standard InChI is InChI=1S/C22H42N2O2.CH3B/c1-8-21(26)22(7,24-18(4)5)16-14-12-10-9-11-13-15-20(19(6)25)23-17(2)3;1-2/h9-10,17-18,20,23-24H,8,11-16H2,1-7H3;1H3/b10-9+;. The highest BCUT2D eigenvalue weighted by molar-refractivity contribution is 6.05. The average Bonchev–Trinajstić information content (AvgIpc) is 2.62. The van der Waals surface area contributed by atoms with Gasteiger partial charge in [-0.3, -0.25) is 9.59 Å². The van der Waals surface area contributed by atoms with E-state index in [0.29, 0.717) is 24.3 Å². The third-order valence-electron chi connectivity index (χ3n) is 4.65. The SMILES string of the molecule is CCC(=O)C(C)(CCC/C=C/CCCC(NC(C)C)C(C)=O)NC(C)C.[B]C. The van der Waals surface area contributed by atoms with Crippen molar-refractivity contribution in [3.63, 3.8) is 0 Å². The lowest BCUT2D eigenvalue weighted by atomic mass is 9.88. The van der Waals surface area contributed by atoms with Crippen LogP contribution in [0.15, 0.2) is 12.2 Å². The van der Waals surface area contributed by atoms with Crippen LogP contribution in [0.25, 0.3) is 0 Å². The van der Waals surface area contributed by atoms with E-state index in [4.69, 9.17) is 0 Å². The highest BCUT2D eigenvalue weighted by Gasteiger charge is 2.30. The second kappa shape index (κ2) is 17.0. The van der Waals surface area contributed by atoms with Gasteiger partial charge in [-0.2, -0.15) is 0 Å². The molecule has 0 saturated carbocycles. The molecule has 162 valence electrons. The molecule has 0 aromatic carbocycles. The Hall–Kier alpha value is -0.935. The third kappa shape index (κ3) is 14.1. The molecule has 0 heterocycles. The smallest absolute Gasteiger partial charge is 0.152 e. The van der Waals surface area contributed by atoms with Gasteiger partial charge in [-0.15, -0.1) is 0 Å². The van der Waals surface area contributed by atoms with E-state index in [2.05, 4.69) is 58.3 Å². The summed E-state index contributed by atoms with van der Waals surface area (Å²) in [5.41, 5.74) is -0.409. The molecule has 0 amide bonds. The number of ketones is 2. The largest absolute Gasteiger partial charge is 0.305 e. The minimum absolute atomic E-state index is 0.0220. The van der Waals surface area contributed by atoms with Crippen molar-refractivity contribution in [2.45, 2.75) is 124 Å². The Morgan fingerprint density at radius 3 is 1.96 bits per heavy atom. The molecule has 0 aromatic rings. The summed E-state index contributed by atoms with van der Waals surface area (Å²) in [6.45, 7) is 15.4. The fourth-order valence-corrected chi connectivity index (χ4v) is 3.37. The Morgan fingerprint density at radius 1 is 1.00 bits per heavy atom. The number of carbonyl (C=O) groups excluding carboxylic acids is 2. The van der Waals surface area contributed by atoms with E-state index in [1.54, 1.807) is 6.92 Å². The number of unbranched alkanes of at least 4 members (excludes halogenated alkanes) is 2. The van der Waals surface area contributed by atoms with Gasteiger partial charge in [0.05, 0.1) is 19.4 Å². The molecule has 0 aromatic heterocycles. The molecular weight excluding hydrogens is 347 g/mol. The van der Waals surface area contributed by atoms with Crippen molar-refractivity contribution in [3.05, 3.63) is 12.2 Å². The lowest BCUT2D eigenvalue weighted by Crippen LogP contribution is -2.52. The minimum atomic E-state index is -0.409. The molecular formula is C23H45BN2O2. The highest BCUT2D eigenvalue weighted by atomic mass is 16.1. The predicted molar refractivity (Wildman–Crippen MR) is 123 cm³/mol. The van der Waals surface area contributed by atoms with Crippen LogP contribution in [0, 0.1) is 0 Å². The topological polar surface area (TPSA) is 58.2 Å². The maximum Gasteiger partial charge on any atom is 0.152 e. The molecule has 2 N–H and O–H groups in total. The first-order chi connectivity index (χ1) is 13.1. The van der Waals surface area contributed by atoms with Crippen LogP contribution in [0.5, 0.6) is 0 Å². The van der Waals surface area contributed by atoms with Crippen LogP contribution >= 0.6 is 0 Å². The number of carbonyl (C=O) groups is 2. The molecule has 5 heteroatoms. The molecule has 2 atom stereocenters. The van der Waals surface area contributed by atoms with Crippen molar-refractivity contribution in [2.75, 3.05) is 0 Å². The zero-order valence-corrected chi connectivity index (χ0v) is 19.7. The van der Waals surface area contributed by atoms with Gasteiger partial charge in [0.1, 0.15) is 5.78 Å². The summed E-state index contributed by atoms with van der Waals surface area (Å²) in [4.78, 5) is 23.9. The lowest BCUT2D eigenvalue weighted by molar-refractivity contribution is -0.125. The van der Waals surface area contributed by atoms with Crippen LogP contribution in [0.2, 0.25) is 6.82 Å². The normalized spacial score (nSPS) is 14.6. The molecule has 4 nitrogen and oxygen atoms in total. The highest BCUT2D eigenvalue weighted by Crippen LogP contribution is 2.18. The molecule has 0 aliphatic carbocycles. The van der Waals surface area contributed by atoms with E-state index in [1.807, 2.05) is 13.8 Å². The summed E-state index contributed by atoms with van der Waals surface area (Å²) in [7, 11) is 4.50. The van der Waals surface area contributed by atoms with Crippen LogP contribution < -0.4 is 10.6 Å². The Kier molecular flexibility index (Phi) is 17.7. The average molecular weight is 392 g/mol. The van der Waals surface area contributed by atoms with Gasteiger partial charge >= 0.3 is 0 Å². The Bertz CT molecular complexity index is 450. The van der Waals surface area contributed by atoms with Gasteiger partial charge in [-0.05, 0) is 66.2 Å². The molecule has 0 saturated heterocycles. The first-order valence-corrected chi connectivity index (χ1v) is 10.9. The third-order valence-corrected chi connectivity index (χ3v) is 4.65. The van der Waals surface area contributed by atoms with E-state index in [1.165, 1.54) is 6.82 Å².